The fourth-order valence-electron chi connectivity index (χ4n) is 0.686. The third kappa shape index (κ3) is 10.1. The molecular formula is C10H14ClZn. The van der Waals surface area contributed by atoms with Crippen LogP contribution in [0.5, 0.6) is 0 Å². The maximum Gasteiger partial charge on any atom is -0.0184 e. The molecule has 0 amide bonds. The standard InChI is InChI=1S/C6H5.C4H9.ClH.Zn/c1-2-4-6-5-3-1;1-3-4-2;;/h1-5H;1,3-4H2,2H3;1H;/q;;;+1/p-1. The van der Waals surface area contributed by atoms with E-state index in [0.29, 0.717) is 0 Å². The Bertz CT molecular complexity index is 122. The van der Waals surface area contributed by atoms with Gasteiger partial charge in [-0.15, -0.1) is 0 Å². The van der Waals surface area contributed by atoms with Crippen LogP contribution in [0.4, 0.5) is 0 Å². The van der Waals surface area contributed by atoms with Crippen molar-refractivity contribution in [3.05, 3.63) is 36.4 Å². The van der Waals surface area contributed by atoms with E-state index < -0.39 is 16.1 Å². The monoisotopic (exact) mass is 233 g/mol. The van der Waals surface area contributed by atoms with E-state index in [-0.39, 0.29) is 0 Å². The van der Waals surface area contributed by atoms with Crippen LogP contribution in [0.2, 0.25) is 5.02 Å². The molecule has 0 unspecified atom stereocenters. The van der Waals surface area contributed by atoms with Gasteiger partial charge in [0.2, 0.25) is 0 Å². The SMILES string of the molecule is CCC[CH2][Zn][Cl].[c]1ccccc1. The fraction of sp³-hybridized carbons (Fsp3) is 0.400. The van der Waals surface area contributed by atoms with Gasteiger partial charge in [0.1, 0.15) is 0 Å². The molecule has 0 aliphatic rings. The molecule has 0 aliphatic heterocycles. The van der Waals surface area contributed by atoms with Crippen LogP contribution in [0.1, 0.15) is 19.8 Å². The molecule has 1 aromatic rings. The first-order valence-corrected chi connectivity index (χ1v) is 10.4. The second-order valence-corrected chi connectivity index (χ2v) is 6.71. The summed E-state index contributed by atoms with van der Waals surface area (Å²) < 4.78 is 0. The molecule has 0 bridgehead atoms. The molecule has 0 saturated carbocycles. The van der Waals surface area contributed by atoms with E-state index in [1.807, 2.05) is 30.3 Å². The van der Waals surface area contributed by atoms with Crippen molar-refractivity contribution in [1.29, 1.82) is 0 Å². The molecule has 0 heterocycles. The van der Waals surface area contributed by atoms with Gasteiger partial charge in [0.05, 0.1) is 0 Å². The van der Waals surface area contributed by atoms with Crippen LogP contribution in [0, 0.1) is 6.07 Å². The number of hydrogen-bond acceptors (Lipinski definition) is 0. The van der Waals surface area contributed by atoms with Crippen LogP contribution in [-0.4, -0.2) is 0 Å². The maximum absolute atomic E-state index is 5.57. The minimum atomic E-state index is -0.458. The fourth-order valence-corrected chi connectivity index (χ4v) is 3.11. The zero-order valence-electron chi connectivity index (χ0n) is 7.59. The van der Waals surface area contributed by atoms with Gasteiger partial charge in [0.25, 0.3) is 0 Å². The van der Waals surface area contributed by atoms with E-state index >= 15 is 0 Å². The zero-order chi connectivity index (χ0) is 9.07. The molecule has 0 atom stereocenters. The summed E-state index contributed by atoms with van der Waals surface area (Å²) in [4.78, 5) is 0. The number of benzene rings is 1. The van der Waals surface area contributed by atoms with Crippen LogP contribution in [0.15, 0.2) is 30.3 Å². The van der Waals surface area contributed by atoms with Crippen molar-refractivity contribution < 1.29 is 16.1 Å². The first kappa shape index (κ1) is 12.1. The molecule has 0 aromatic heterocycles. The van der Waals surface area contributed by atoms with E-state index in [1.165, 1.54) is 17.9 Å². The first-order valence-electron chi connectivity index (χ1n) is 4.39. The van der Waals surface area contributed by atoms with Crippen LogP contribution in [0.25, 0.3) is 0 Å². The summed E-state index contributed by atoms with van der Waals surface area (Å²) >= 11 is -0.458. The summed E-state index contributed by atoms with van der Waals surface area (Å²) in [5.74, 6) is 0. The molecule has 1 radical (unpaired) electrons. The Labute approximate surface area is 87.0 Å². The molecule has 0 fully saturated rings. The molecule has 0 aliphatic carbocycles. The largest absolute Gasteiger partial charge is 0.0622 e. The van der Waals surface area contributed by atoms with Crippen molar-refractivity contribution in [1.82, 2.24) is 0 Å². The van der Waals surface area contributed by atoms with Gasteiger partial charge >= 0.3 is 50.6 Å². The molecule has 12 heavy (non-hydrogen) atoms. The van der Waals surface area contributed by atoms with E-state index in [9.17, 15) is 0 Å². The van der Waals surface area contributed by atoms with Crippen molar-refractivity contribution in [2.75, 3.05) is 0 Å². The van der Waals surface area contributed by atoms with Gasteiger partial charge in [-0.2, -0.15) is 0 Å². The van der Waals surface area contributed by atoms with Gasteiger partial charge in [-0.05, 0) is 6.07 Å². The summed E-state index contributed by atoms with van der Waals surface area (Å²) in [7, 11) is 5.57. The Morgan fingerprint density at radius 2 is 1.92 bits per heavy atom. The summed E-state index contributed by atoms with van der Waals surface area (Å²) in [6.07, 6.45) is 2.68. The average Bonchev–Trinajstić information content (AvgIpc) is 2.18. The van der Waals surface area contributed by atoms with Crippen LogP contribution < -0.4 is 0 Å². The van der Waals surface area contributed by atoms with E-state index in [1.54, 1.807) is 0 Å². The van der Waals surface area contributed by atoms with Gasteiger partial charge in [0, 0.05) is 0 Å². The molecule has 1 aromatic carbocycles. The van der Waals surface area contributed by atoms with Crippen LogP contribution in [-0.2, 0) is 16.1 Å². The summed E-state index contributed by atoms with van der Waals surface area (Å²) in [5, 5.41) is 1.37. The van der Waals surface area contributed by atoms with Gasteiger partial charge < -0.3 is 0 Å². The second kappa shape index (κ2) is 11.1. The van der Waals surface area contributed by atoms with Gasteiger partial charge in [-0.3, -0.25) is 0 Å². The van der Waals surface area contributed by atoms with Crippen molar-refractivity contribution in [2.45, 2.75) is 24.8 Å². The molecule has 0 saturated heterocycles. The third-order valence-corrected chi connectivity index (χ3v) is 4.34. The number of rotatable bonds is 3. The Morgan fingerprint density at radius 3 is 2.08 bits per heavy atom. The summed E-state index contributed by atoms with van der Waals surface area (Å²) in [5.41, 5.74) is 0. The van der Waals surface area contributed by atoms with E-state index in [4.69, 9.17) is 9.69 Å². The number of halogens is 1. The normalized spacial score (nSPS) is 7.83. The van der Waals surface area contributed by atoms with Crippen molar-refractivity contribution in [3.8, 4) is 0 Å². The quantitative estimate of drug-likeness (QED) is 0.550. The maximum atomic E-state index is 5.57. The van der Waals surface area contributed by atoms with Crippen molar-refractivity contribution >= 4 is 9.69 Å². The Balaban J connectivity index is 0.000000202. The molecule has 1 rings (SSSR count). The predicted octanol–water partition coefficient (Wildman–Crippen LogP) is 3.93. The minimum absolute atomic E-state index is 0.458. The molecule has 63 valence electrons. The smallest absolute Gasteiger partial charge is 0.0184 e. The summed E-state index contributed by atoms with van der Waals surface area (Å²) in [6, 6.07) is 12.5. The van der Waals surface area contributed by atoms with Crippen LogP contribution >= 0.6 is 9.69 Å². The number of unbranched alkanes of at least 4 members (excludes halogenated alkanes) is 1. The Kier molecular flexibility index (Phi) is 11.3. The second-order valence-electron chi connectivity index (χ2n) is 2.47. The van der Waals surface area contributed by atoms with Gasteiger partial charge in [-0.25, -0.2) is 0 Å². The average molecular weight is 235 g/mol. The Hall–Kier alpha value is 0.133. The first-order chi connectivity index (χ1) is 5.91. The molecule has 0 N–H and O–H groups in total. The van der Waals surface area contributed by atoms with Gasteiger partial charge in [-0.1, -0.05) is 30.3 Å². The molecule has 2 heteroatoms. The van der Waals surface area contributed by atoms with Crippen molar-refractivity contribution in [2.24, 2.45) is 0 Å². The van der Waals surface area contributed by atoms with Crippen LogP contribution in [0.3, 0.4) is 0 Å². The number of hydrogen-bond donors (Lipinski definition) is 0. The van der Waals surface area contributed by atoms with E-state index in [0.717, 1.165) is 0 Å². The van der Waals surface area contributed by atoms with Gasteiger partial charge in [0.15, 0.2) is 0 Å². The Morgan fingerprint density at radius 1 is 1.25 bits per heavy atom. The topological polar surface area (TPSA) is 0 Å². The van der Waals surface area contributed by atoms with Crippen molar-refractivity contribution in [3.63, 3.8) is 0 Å². The predicted molar refractivity (Wildman–Crippen MR) is 50.8 cm³/mol. The molecule has 0 spiro atoms. The minimum Gasteiger partial charge on any atom is -0.0622 e. The molecular weight excluding hydrogens is 221 g/mol. The molecule has 0 nitrogen and oxygen atoms in total. The summed E-state index contributed by atoms with van der Waals surface area (Å²) in [6.45, 7) is 2.20. The zero-order valence-corrected chi connectivity index (χ0v) is 11.3. The third-order valence-electron chi connectivity index (χ3n) is 1.34. The van der Waals surface area contributed by atoms with E-state index in [2.05, 4.69) is 13.0 Å².